The van der Waals surface area contributed by atoms with E-state index in [9.17, 15) is 4.79 Å². The Hall–Kier alpha value is -3.40. The zero-order chi connectivity index (χ0) is 21.9. The van der Waals surface area contributed by atoms with Crippen molar-refractivity contribution in [1.29, 1.82) is 0 Å². The number of benzene rings is 2. The van der Waals surface area contributed by atoms with Crippen molar-refractivity contribution >= 4 is 34.8 Å². The zero-order valence-corrected chi connectivity index (χ0v) is 18.2. The fourth-order valence-corrected chi connectivity index (χ4v) is 4.21. The molecule has 32 heavy (non-hydrogen) atoms. The van der Waals surface area contributed by atoms with Gasteiger partial charge in [0, 0.05) is 33.6 Å². The lowest BCUT2D eigenvalue weighted by Gasteiger charge is -2.11. The van der Waals surface area contributed by atoms with Crippen molar-refractivity contribution in [2.24, 2.45) is 0 Å². The molecule has 0 saturated carbocycles. The number of nitrogens with one attached hydrogen (secondary N) is 2. The molecule has 6 nitrogen and oxygen atoms in total. The largest absolute Gasteiger partial charge is 0.325 e. The van der Waals surface area contributed by atoms with Crippen LogP contribution < -0.4 is 10.6 Å². The summed E-state index contributed by atoms with van der Waals surface area (Å²) in [7, 11) is 0. The fourth-order valence-electron chi connectivity index (χ4n) is 4.02. The van der Waals surface area contributed by atoms with E-state index in [0.717, 1.165) is 47.7 Å². The van der Waals surface area contributed by atoms with Crippen LogP contribution in [0.1, 0.15) is 24.0 Å². The molecule has 2 aromatic carbocycles. The number of aromatic nitrogens is 2. The van der Waals surface area contributed by atoms with Crippen LogP contribution in [-0.2, 0) is 11.2 Å². The quantitative estimate of drug-likeness (QED) is 0.584. The number of carbonyl (C=O) groups is 1. The van der Waals surface area contributed by atoms with E-state index in [1.54, 1.807) is 6.20 Å². The van der Waals surface area contributed by atoms with Gasteiger partial charge in [-0.25, -0.2) is 9.97 Å². The molecule has 0 aliphatic carbocycles. The normalized spacial score (nSPS) is 15.1. The lowest BCUT2D eigenvalue weighted by molar-refractivity contribution is -0.115. The highest BCUT2D eigenvalue weighted by Crippen LogP contribution is 2.34. The first-order valence-electron chi connectivity index (χ1n) is 10.7. The van der Waals surface area contributed by atoms with Crippen molar-refractivity contribution in [1.82, 2.24) is 14.9 Å². The second-order valence-electron chi connectivity index (χ2n) is 7.97. The molecule has 0 unspecified atom stereocenters. The summed E-state index contributed by atoms with van der Waals surface area (Å²) in [4.78, 5) is 23.9. The first-order chi connectivity index (χ1) is 15.6. The van der Waals surface area contributed by atoms with E-state index in [4.69, 9.17) is 16.6 Å². The summed E-state index contributed by atoms with van der Waals surface area (Å²) >= 11 is 6.08. The molecule has 1 amide bonds. The average Bonchev–Trinajstić information content (AvgIpc) is 3.24. The van der Waals surface area contributed by atoms with Crippen molar-refractivity contribution in [2.45, 2.75) is 19.3 Å². The van der Waals surface area contributed by atoms with E-state index in [0.29, 0.717) is 16.7 Å². The predicted octanol–water partition coefficient (Wildman–Crippen LogP) is 4.48. The van der Waals surface area contributed by atoms with Crippen LogP contribution in [0.3, 0.4) is 0 Å². The Morgan fingerprint density at radius 2 is 2.03 bits per heavy atom. The molecule has 2 aliphatic heterocycles. The minimum Gasteiger partial charge on any atom is -0.325 e. The minimum atomic E-state index is -0.0914. The van der Waals surface area contributed by atoms with Crippen molar-refractivity contribution < 1.29 is 4.79 Å². The number of fused-ring (bicyclic) bond motifs is 3. The van der Waals surface area contributed by atoms with Gasteiger partial charge in [-0.3, -0.25) is 9.69 Å². The van der Waals surface area contributed by atoms with E-state index >= 15 is 0 Å². The van der Waals surface area contributed by atoms with E-state index in [1.165, 1.54) is 12.8 Å². The Bertz CT molecular complexity index is 1240. The monoisotopic (exact) mass is 443 g/mol. The molecule has 0 bridgehead atoms. The lowest BCUT2D eigenvalue weighted by Crippen LogP contribution is -2.18. The minimum absolute atomic E-state index is 0.0914. The summed E-state index contributed by atoms with van der Waals surface area (Å²) in [6, 6.07) is 13.2. The molecule has 1 aromatic heterocycles. The Kier molecular flexibility index (Phi) is 5.76. The Balaban J connectivity index is 1.44. The topological polar surface area (TPSA) is 70.2 Å². The van der Waals surface area contributed by atoms with E-state index < -0.39 is 0 Å². The van der Waals surface area contributed by atoms with Crippen LogP contribution in [0.2, 0.25) is 5.02 Å². The van der Waals surface area contributed by atoms with Crippen LogP contribution >= 0.6 is 11.6 Å². The van der Waals surface area contributed by atoms with Gasteiger partial charge < -0.3 is 10.6 Å². The lowest BCUT2D eigenvalue weighted by atomic mass is 10.0. The van der Waals surface area contributed by atoms with Crippen LogP contribution in [0.4, 0.5) is 17.3 Å². The molecule has 0 atom stereocenters. The third-order valence-electron chi connectivity index (χ3n) is 5.58. The van der Waals surface area contributed by atoms with Crippen LogP contribution in [0, 0.1) is 11.8 Å². The maximum atomic E-state index is 12.5. The van der Waals surface area contributed by atoms with Gasteiger partial charge in [0.25, 0.3) is 0 Å². The third-order valence-corrected chi connectivity index (χ3v) is 5.81. The Labute approximate surface area is 192 Å². The third kappa shape index (κ3) is 4.59. The molecule has 0 radical (unpaired) electrons. The molecule has 3 aromatic rings. The summed E-state index contributed by atoms with van der Waals surface area (Å²) in [5.41, 5.74) is 4.75. The number of likely N-dealkylation sites (tertiary alicyclic amines) is 1. The van der Waals surface area contributed by atoms with Gasteiger partial charge in [0.1, 0.15) is 0 Å². The number of nitrogens with zero attached hydrogens (tertiary/aromatic N) is 3. The highest BCUT2D eigenvalue weighted by Gasteiger charge is 2.21. The van der Waals surface area contributed by atoms with Crippen molar-refractivity contribution in [3.63, 3.8) is 0 Å². The molecule has 2 aliphatic rings. The summed E-state index contributed by atoms with van der Waals surface area (Å²) in [5, 5.41) is 6.81. The van der Waals surface area contributed by atoms with Gasteiger partial charge in [-0.05, 0) is 62.3 Å². The SMILES string of the molecule is O=C1Cc2cnc(Nc3cccc(Cl)c3)nc2-c2ccc(C#CCN3CCCC3)cc2N1. The number of amides is 1. The van der Waals surface area contributed by atoms with Gasteiger partial charge in [-0.2, -0.15) is 0 Å². The maximum Gasteiger partial charge on any atom is 0.228 e. The molecular formula is C25H22ClN5O. The van der Waals surface area contributed by atoms with Crippen molar-refractivity contribution in [3.05, 3.63) is 64.8 Å². The van der Waals surface area contributed by atoms with Crippen LogP contribution in [0.5, 0.6) is 0 Å². The standard InChI is InChI=1S/C25H22ClN5O/c26-19-6-3-7-20(15-19)28-25-27-16-18-14-23(32)29-22-13-17(8-9-21(22)24(18)30-25)5-4-12-31-10-1-2-11-31/h3,6-9,13,15-16H,1-2,10-12,14H2,(H,29,32)(H,27,28,30). The molecule has 7 heteroatoms. The summed E-state index contributed by atoms with van der Waals surface area (Å²) in [5.74, 6) is 6.84. The number of carbonyl (C=O) groups excluding carboxylic acids is 1. The van der Waals surface area contributed by atoms with Crippen LogP contribution in [0.15, 0.2) is 48.7 Å². The maximum absolute atomic E-state index is 12.5. The molecule has 1 saturated heterocycles. The zero-order valence-electron chi connectivity index (χ0n) is 17.5. The molecule has 0 spiro atoms. The van der Waals surface area contributed by atoms with Crippen molar-refractivity contribution in [3.8, 4) is 23.1 Å². The van der Waals surface area contributed by atoms with E-state index in [2.05, 4.69) is 32.4 Å². The highest BCUT2D eigenvalue weighted by atomic mass is 35.5. The second-order valence-corrected chi connectivity index (χ2v) is 8.41. The predicted molar refractivity (Wildman–Crippen MR) is 127 cm³/mol. The number of hydrogen-bond donors (Lipinski definition) is 2. The van der Waals surface area contributed by atoms with E-state index in [-0.39, 0.29) is 12.3 Å². The molecule has 160 valence electrons. The number of anilines is 3. The summed E-state index contributed by atoms with van der Waals surface area (Å²) < 4.78 is 0. The molecular weight excluding hydrogens is 422 g/mol. The molecule has 2 N–H and O–H groups in total. The van der Waals surface area contributed by atoms with Gasteiger partial charge in [0.15, 0.2) is 0 Å². The number of rotatable bonds is 3. The smallest absolute Gasteiger partial charge is 0.228 e. The number of hydrogen-bond acceptors (Lipinski definition) is 5. The van der Waals surface area contributed by atoms with Gasteiger partial charge in [-0.15, -0.1) is 0 Å². The first-order valence-corrected chi connectivity index (χ1v) is 11.1. The summed E-state index contributed by atoms with van der Waals surface area (Å²) in [6.45, 7) is 3.02. The summed E-state index contributed by atoms with van der Waals surface area (Å²) in [6.07, 6.45) is 4.43. The van der Waals surface area contributed by atoms with Gasteiger partial charge in [0.05, 0.1) is 24.3 Å². The first kappa shape index (κ1) is 20.5. The van der Waals surface area contributed by atoms with E-state index in [1.807, 2.05) is 42.5 Å². The highest BCUT2D eigenvalue weighted by molar-refractivity contribution is 6.30. The average molecular weight is 444 g/mol. The Morgan fingerprint density at radius 1 is 1.16 bits per heavy atom. The van der Waals surface area contributed by atoms with Gasteiger partial charge in [0.2, 0.25) is 11.9 Å². The molecule has 5 rings (SSSR count). The number of halogens is 1. The van der Waals surface area contributed by atoms with Gasteiger partial charge >= 0.3 is 0 Å². The second kappa shape index (κ2) is 8.99. The van der Waals surface area contributed by atoms with Gasteiger partial charge in [-0.1, -0.05) is 29.5 Å². The Morgan fingerprint density at radius 3 is 2.88 bits per heavy atom. The van der Waals surface area contributed by atoms with Crippen molar-refractivity contribution in [2.75, 3.05) is 30.3 Å². The van der Waals surface area contributed by atoms with Crippen LogP contribution in [0.25, 0.3) is 11.3 Å². The molecule has 1 fully saturated rings. The molecule has 3 heterocycles. The van der Waals surface area contributed by atoms with Crippen LogP contribution in [-0.4, -0.2) is 40.4 Å². The fraction of sp³-hybridized carbons (Fsp3) is 0.240.